The molecule has 4 aromatic rings. The molecule has 0 radical (unpaired) electrons. The van der Waals surface area contributed by atoms with Crippen molar-refractivity contribution in [3.63, 3.8) is 0 Å². The molecule has 60 heavy (non-hydrogen) atoms. The summed E-state index contributed by atoms with van der Waals surface area (Å²) < 4.78 is 76.7. The van der Waals surface area contributed by atoms with E-state index in [-0.39, 0.29) is 39.0 Å². The van der Waals surface area contributed by atoms with Crippen LogP contribution in [0.15, 0.2) is 122 Å². The molecule has 0 heterocycles. The van der Waals surface area contributed by atoms with Gasteiger partial charge in [-0.05, 0) is 96.5 Å². The lowest BCUT2D eigenvalue weighted by molar-refractivity contribution is -0.118. The van der Waals surface area contributed by atoms with Crippen LogP contribution >= 0.6 is 0 Å². The van der Waals surface area contributed by atoms with Gasteiger partial charge in [0.2, 0.25) is 31.9 Å². The van der Waals surface area contributed by atoms with E-state index in [9.17, 15) is 26.4 Å². The highest BCUT2D eigenvalue weighted by molar-refractivity contribution is 7.90. The van der Waals surface area contributed by atoms with Gasteiger partial charge in [0.1, 0.15) is 23.0 Å². The van der Waals surface area contributed by atoms with E-state index < -0.39 is 42.4 Å². The zero-order valence-electron chi connectivity index (χ0n) is 34.6. The first-order chi connectivity index (χ1) is 28.6. The zero-order valence-corrected chi connectivity index (χ0v) is 36.2. The van der Waals surface area contributed by atoms with Gasteiger partial charge in [-0.1, -0.05) is 60.7 Å². The van der Waals surface area contributed by atoms with E-state index in [1.54, 1.807) is 138 Å². The van der Waals surface area contributed by atoms with Gasteiger partial charge in [0.25, 0.3) is 0 Å². The number of methoxy groups -OCH3 is 4. The largest absolute Gasteiger partial charge is 0.497 e. The van der Waals surface area contributed by atoms with E-state index in [4.69, 9.17) is 30.4 Å². The van der Waals surface area contributed by atoms with Gasteiger partial charge in [-0.15, -0.1) is 13.2 Å². The first-order valence-electron chi connectivity index (χ1n) is 18.9. The quantitative estimate of drug-likeness (QED) is 0.0823. The van der Waals surface area contributed by atoms with Crippen molar-refractivity contribution in [2.24, 2.45) is 11.5 Å². The summed E-state index contributed by atoms with van der Waals surface area (Å²) in [6, 6.07) is 28.4. The minimum atomic E-state index is -4.01. The third kappa shape index (κ3) is 14.3. The van der Waals surface area contributed by atoms with Crippen molar-refractivity contribution >= 4 is 31.9 Å². The van der Waals surface area contributed by atoms with Crippen LogP contribution in [0.2, 0.25) is 0 Å². The van der Waals surface area contributed by atoms with Crippen molar-refractivity contribution in [3.05, 3.63) is 145 Å². The van der Waals surface area contributed by atoms with Gasteiger partial charge in [-0.25, -0.2) is 16.8 Å². The van der Waals surface area contributed by atoms with E-state index in [0.717, 1.165) is 22.3 Å². The average Bonchev–Trinajstić information content (AvgIpc) is 3.24. The summed E-state index contributed by atoms with van der Waals surface area (Å²) in [5.41, 5.74) is 14.0. The maximum Gasteiger partial charge on any atom is 0.237 e. The number of rotatable bonds is 24. The van der Waals surface area contributed by atoms with Crippen molar-refractivity contribution < 1.29 is 45.4 Å². The van der Waals surface area contributed by atoms with Crippen LogP contribution < -0.4 is 30.4 Å². The first-order valence-corrected chi connectivity index (χ1v) is 21.9. The molecule has 0 aliphatic rings. The summed E-state index contributed by atoms with van der Waals surface area (Å²) >= 11 is 0. The number of ether oxygens (including phenoxy) is 4. The normalized spacial score (nSPS) is 12.4. The van der Waals surface area contributed by atoms with Crippen LogP contribution in [0.5, 0.6) is 23.0 Å². The zero-order chi connectivity index (χ0) is 44.3. The van der Waals surface area contributed by atoms with E-state index in [1.165, 1.54) is 8.61 Å². The van der Waals surface area contributed by atoms with Gasteiger partial charge in [0.15, 0.2) is 10.5 Å². The Kier molecular flexibility index (Phi) is 19.3. The summed E-state index contributed by atoms with van der Waals surface area (Å²) in [6.45, 7) is 7.58. The molecule has 16 heteroatoms. The van der Waals surface area contributed by atoms with E-state index in [1.807, 2.05) is 0 Å². The predicted molar refractivity (Wildman–Crippen MR) is 233 cm³/mol. The number of nitrogens with two attached hydrogens (primary N) is 2. The molecule has 4 aromatic carbocycles. The molecular formula is C44H56N4O10S2. The molecule has 0 saturated carbocycles. The van der Waals surface area contributed by atoms with Gasteiger partial charge < -0.3 is 30.4 Å². The Hall–Kier alpha value is -5.68. The Bertz CT molecular complexity index is 1940. The second-order valence-corrected chi connectivity index (χ2v) is 17.8. The number of carbonyl (C=O) groups excluding carboxylic acids is 2. The summed E-state index contributed by atoms with van der Waals surface area (Å²) in [5, 5.41) is -2.65. The van der Waals surface area contributed by atoms with Gasteiger partial charge in [0, 0.05) is 26.2 Å². The highest BCUT2D eigenvalue weighted by atomic mass is 32.2. The average molecular weight is 865 g/mol. The third-order valence-electron chi connectivity index (χ3n) is 9.41. The monoisotopic (exact) mass is 864 g/mol. The summed E-state index contributed by atoms with van der Waals surface area (Å²) in [7, 11) is -1.78. The second kappa shape index (κ2) is 23.8. The maximum atomic E-state index is 13.4. The summed E-state index contributed by atoms with van der Waals surface area (Å²) in [4.78, 5) is 24.0. The van der Waals surface area contributed by atoms with Gasteiger partial charge in [0.05, 0.1) is 28.4 Å². The molecular weight excluding hydrogens is 809 g/mol. The minimum Gasteiger partial charge on any atom is -0.497 e. The molecule has 0 aromatic heterocycles. The number of allylic oxidation sites excluding steroid dienone is 2. The van der Waals surface area contributed by atoms with Gasteiger partial charge >= 0.3 is 0 Å². The van der Waals surface area contributed by atoms with Crippen molar-refractivity contribution in [1.82, 2.24) is 8.61 Å². The van der Waals surface area contributed by atoms with Crippen molar-refractivity contribution in [2.45, 2.75) is 62.4 Å². The topological polar surface area (TPSA) is 198 Å². The fourth-order valence-electron chi connectivity index (χ4n) is 5.98. The molecule has 4 N–H and O–H groups in total. The Morgan fingerprint density at radius 2 is 0.717 bits per heavy atom. The highest BCUT2D eigenvalue weighted by Crippen LogP contribution is 2.25. The molecule has 4 rings (SSSR count). The number of primary amides is 2. The molecule has 324 valence electrons. The third-order valence-corrected chi connectivity index (χ3v) is 13.7. The smallest absolute Gasteiger partial charge is 0.237 e. The SMILES string of the molecule is C=CCC[C@@H](C(N)=O)S(=O)(=O)N(Cc1ccc(OC)cc1)Cc1ccc(OC)cc1.C=CCC[C@H](C(N)=O)S(=O)(=O)N(Cc1ccc(OC)cc1)Cc1ccc(OC)cc1. The number of sulfonamides is 2. The van der Waals surface area contributed by atoms with Crippen molar-refractivity contribution in [3.8, 4) is 23.0 Å². The fourth-order valence-corrected chi connectivity index (χ4v) is 9.48. The van der Waals surface area contributed by atoms with E-state index in [2.05, 4.69) is 13.2 Å². The number of nitrogens with zero attached hydrogens (tertiary/aromatic N) is 2. The highest BCUT2D eigenvalue weighted by Gasteiger charge is 2.37. The van der Waals surface area contributed by atoms with Crippen LogP contribution in [-0.2, 0) is 55.8 Å². The van der Waals surface area contributed by atoms with Crippen molar-refractivity contribution in [1.29, 1.82) is 0 Å². The Balaban J connectivity index is 0.000000320. The molecule has 0 aliphatic heterocycles. The number of hydrogen-bond donors (Lipinski definition) is 2. The van der Waals surface area contributed by atoms with Crippen LogP contribution in [0, 0.1) is 0 Å². The van der Waals surface area contributed by atoms with Crippen LogP contribution in [0.4, 0.5) is 0 Å². The lowest BCUT2D eigenvalue weighted by Gasteiger charge is -2.26. The predicted octanol–water partition coefficient (Wildman–Crippen LogP) is 5.71. The molecule has 0 bridgehead atoms. The molecule has 0 unspecified atom stereocenters. The molecule has 0 saturated heterocycles. The van der Waals surface area contributed by atoms with Gasteiger partial charge in [-0.2, -0.15) is 8.61 Å². The van der Waals surface area contributed by atoms with Gasteiger partial charge in [-0.3, -0.25) is 9.59 Å². The molecule has 14 nitrogen and oxygen atoms in total. The van der Waals surface area contributed by atoms with E-state index >= 15 is 0 Å². The molecule has 2 amide bonds. The lowest BCUT2D eigenvalue weighted by Crippen LogP contribution is -2.44. The van der Waals surface area contributed by atoms with Crippen LogP contribution in [0.25, 0.3) is 0 Å². The molecule has 0 fully saturated rings. The summed E-state index contributed by atoms with van der Waals surface area (Å²) in [6.07, 6.45) is 4.05. The fraction of sp³-hybridized carbons (Fsp3) is 0.318. The Morgan fingerprint density at radius 3 is 0.883 bits per heavy atom. The molecule has 0 aliphatic carbocycles. The minimum absolute atomic E-state index is 0.0862. The van der Waals surface area contributed by atoms with Crippen LogP contribution in [-0.4, -0.2) is 76.2 Å². The maximum absolute atomic E-state index is 13.4. The Labute approximate surface area is 354 Å². The molecule has 0 spiro atoms. The Morgan fingerprint density at radius 1 is 0.500 bits per heavy atom. The molecule has 2 atom stereocenters. The van der Waals surface area contributed by atoms with Crippen LogP contribution in [0.1, 0.15) is 47.9 Å². The van der Waals surface area contributed by atoms with Crippen LogP contribution in [0.3, 0.4) is 0 Å². The number of amides is 2. The standard InChI is InChI=1S/2C22H28N2O5S/c2*1-4-5-6-21(22(23)25)30(26,27)24(15-17-7-11-19(28-2)12-8-17)16-18-9-13-20(29-3)14-10-18/h2*4,7-14,21H,1,5-6,15-16H2,2-3H3,(H2,23,25)/t2*21-/m10/s1. The second-order valence-electron chi connectivity index (χ2n) is 13.5. The first kappa shape index (κ1) is 48.7. The van der Waals surface area contributed by atoms with Crippen molar-refractivity contribution in [2.75, 3.05) is 28.4 Å². The number of hydrogen-bond acceptors (Lipinski definition) is 10. The summed E-state index contributed by atoms with van der Waals surface area (Å²) in [5.74, 6) is 0.944. The lowest BCUT2D eigenvalue weighted by atomic mass is 10.2. The number of benzene rings is 4. The van der Waals surface area contributed by atoms with E-state index in [0.29, 0.717) is 35.8 Å². The number of carbonyl (C=O) groups is 2.